The largest absolute Gasteiger partial charge is 0.333 e. The van der Waals surface area contributed by atoms with E-state index in [-0.39, 0.29) is 0 Å². The van der Waals surface area contributed by atoms with Crippen LogP contribution in [0.5, 0.6) is 0 Å². The number of rotatable bonds is 3. The first-order chi connectivity index (χ1) is 10.3. The molecule has 0 amide bonds. The van der Waals surface area contributed by atoms with E-state index in [2.05, 4.69) is 38.6 Å². The molecule has 0 aliphatic rings. The fourth-order valence-corrected chi connectivity index (χ4v) is 3.19. The number of hydrogen-bond acceptors (Lipinski definition) is 3. The highest BCUT2D eigenvalue weighted by Crippen LogP contribution is 2.28. The van der Waals surface area contributed by atoms with Gasteiger partial charge in [0.05, 0.1) is 15.9 Å². The molecule has 3 nitrogen and oxygen atoms in total. The molecule has 1 aromatic heterocycles. The Morgan fingerprint density at radius 2 is 1.95 bits per heavy atom. The molecule has 102 valence electrons. The Hall–Kier alpha value is -1.78. The van der Waals surface area contributed by atoms with Gasteiger partial charge in [-0.1, -0.05) is 30.3 Å². The average molecular weight is 403 g/mol. The molecule has 1 heterocycles. The van der Waals surface area contributed by atoms with Gasteiger partial charge < -0.3 is 4.98 Å². The molecule has 3 rings (SSSR count). The van der Waals surface area contributed by atoms with Crippen LogP contribution in [0.1, 0.15) is 5.56 Å². The lowest BCUT2D eigenvalue weighted by molar-refractivity contribution is 1.09. The second-order valence-corrected chi connectivity index (χ2v) is 6.50. The van der Waals surface area contributed by atoms with Gasteiger partial charge in [-0.25, -0.2) is 4.98 Å². The Balaban J connectivity index is 1.91. The van der Waals surface area contributed by atoms with Crippen molar-refractivity contribution >= 4 is 51.5 Å². The first-order valence-corrected chi connectivity index (χ1v) is 8.15. The van der Waals surface area contributed by atoms with Crippen LogP contribution in [0.3, 0.4) is 0 Å². The van der Waals surface area contributed by atoms with Crippen LogP contribution >= 0.6 is 34.4 Å². The topological polar surface area (TPSA) is 52.5 Å². The number of para-hydroxylation sites is 2. The summed E-state index contributed by atoms with van der Waals surface area (Å²) >= 11 is 3.61. The number of nitriles is 1. The van der Waals surface area contributed by atoms with Crippen LogP contribution in [-0.4, -0.2) is 9.97 Å². The number of H-pyrrole nitrogens is 1. The van der Waals surface area contributed by atoms with Gasteiger partial charge in [-0.2, -0.15) is 5.26 Å². The minimum absolute atomic E-state index is 0.609. The molecular formula is C16H10IN3S. The highest BCUT2D eigenvalue weighted by atomic mass is 127. The average Bonchev–Trinajstić information content (AvgIpc) is 2.91. The molecule has 0 unspecified atom stereocenters. The summed E-state index contributed by atoms with van der Waals surface area (Å²) in [6.45, 7) is 0. The van der Waals surface area contributed by atoms with Crippen LogP contribution < -0.4 is 0 Å². The maximum Gasteiger partial charge on any atom is 0.171 e. The molecule has 0 aliphatic heterocycles. The van der Waals surface area contributed by atoms with Crippen molar-refractivity contribution in [2.24, 2.45) is 0 Å². The number of allylic oxidation sites excluding steroid dienone is 1. The van der Waals surface area contributed by atoms with E-state index in [4.69, 9.17) is 0 Å². The molecule has 0 fully saturated rings. The van der Waals surface area contributed by atoms with E-state index in [9.17, 15) is 5.26 Å². The van der Waals surface area contributed by atoms with Crippen LogP contribution in [0.4, 0.5) is 0 Å². The molecular weight excluding hydrogens is 393 g/mol. The van der Waals surface area contributed by atoms with Crippen LogP contribution in [-0.2, 0) is 0 Å². The summed E-state index contributed by atoms with van der Waals surface area (Å²) in [6.07, 6.45) is 1.89. The number of halogens is 1. The number of benzene rings is 2. The Bertz CT molecular complexity index is 828. The van der Waals surface area contributed by atoms with Crippen molar-refractivity contribution in [2.45, 2.75) is 5.16 Å². The van der Waals surface area contributed by atoms with E-state index in [1.165, 1.54) is 11.8 Å². The molecule has 0 bridgehead atoms. The lowest BCUT2D eigenvalue weighted by Gasteiger charge is -1.99. The van der Waals surface area contributed by atoms with Crippen molar-refractivity contribution < 1.29 is 0 Å². The summed E-state index contributed by atoms with van der Waals surface area (Å²) in [5.41, 5.74) is 2.93. The quantitative estimate of drug-likeness (QED) is 0.388. The van der Waals surface area contributed by atoms with Gasteiger partial charge in [0.1, 0.15) is 6.07 Å². The smallest absolute Gasteiger partial charge is 0.171 e. The summed E-state index contributed by atoms with van der Waals surface area (Å²) in [4.78, 5) is 8.31. The molecule has 1 N–H and O–H groups in total. The van der Waals surface area contributed by atoms with Gasteiger partial charge in [-0.15, -0.1) is 0 Å². The third-order valence-electron chi connectivity index (χ3n) is 2.88. The van der Waals surface area contributed by atoms with Crippen LogP contribution in [0.2, 0.25) is 0 Å². The van der Waals surface area contributed by atoms with Crippen LogP contribution in [0, 0.1) is 14.9 Å². The van der Waals surface area contributed by atoms with Crippen molar-refractivity contribution in [1.82, 2.24) is 9.97 Å². The number of fused-ring (bicyclic) bond motifs is 1. The minimum atomic E-state index is 0.609. The number of hydrogen-bond donors (Lipinski definition) is 1. The summed E-state index contributed by atoms with van der Waals surface area (Å²) in [5, 5.41) is 10.1. The van der Waals surface area contributed by atoms with Gasteiger partial charge in [-0.3, -0.25) is 0 Å². The number of nitrogens with one attached hydrogen (secondary N) is 1. The van der Waals surface area contributed by atoms with Crippen molar-refractivity contribution in [1.29, 1.82) is 5.26 Å². The van der Waals surface area contributed by atoms with E-state index in [1.54, 1.807) is 0 Å². The molecule has 0 spiro atoms. The molecule has 0 radical (unpaired) electrons. The molecule has 0 aliphatic carbocycles. The van der Waals surface area contributed by atoms with Crippen molar-refractivity contribution in [3.8, 4) is 6.07 Å². The lowest BCUT2D eigenvalue weighted by Crippen LogP contribution is -1.81. The number of imidazole rings is 1. The third kappa shape index (κ3) is 3.28. The Labute approximate surface area is 140 Å². The van der Waals surface area contributed by atoms with Crippen LogP contribution in [0.25, 0.3) is 17.1 Å². The number of nitrogens with zero attached hydrogens (tertiary/aromatic N) is 2. The maximum absolute atomic E-state index is 9.33. The highest BCUT2D eigenvalue weighted by molar-refractivity contribution is 14.1. The van der Waals surface area contributed by atoms with E-state index >= 15 is 0 Å². The highest BCUT2D eigenvalue weighted by Gasteiger charge is 2.07. The van der Waals surface area contributed by atoms with Gasteiger partial charge in [0.2, 0.25) is 0 Å². The molecule has 0 atom stereocenters. The van der Waals surface area contributed by atoms with E-state index < -0.39 is 0 Å². The van der Waals surface area contributed by atoms with E-state index in [1.807, 2.05) is 54.6 Å². The van der Waals surface area contributed by atoms with Gasteiger partial charge in [-0.05, 0) is 64.2 Å². The summed E-state index contributed by atoms with van der Waals surface area (Å²) < 4.78 is 1.12. The van der Waals surface area contributed by atoms with Crippen molar-refractivity contribution in [3.63, 3.8) is 0 Å². The van der Waals surface area contributed by atoms with Gasteiger partial charge in [0.25, 0.3) is 0 Å². The summed E-state index contributed by atoms with van der Waals surface area (Å²) in [7, 11) is 0. The molecule has 3 aromatic rings. The summed E-state index contributed by atoms with van der Waals surface area (Å²) in [6, 6.07) is 18.0. The fraction of sp³-hybridized carbons (Fsp3) is 0. The molecule has 21 heavy (non-hydrogen) atoms. The zero-order valence-corrected chi connectivity index (χ0v) is 13.9. The molecule has 5 heteroatoms. The monoisotopic (exact) mass is 403 g/mol. The predicted molar refractivity (Wildman–Crippen MR) is 94.7 cm³/mol. The van der Waals surface area contributed by atoms with E-state index in [0.717, 1.165) is 25.3 Å². The minimum Gasteiger partial charge on any atom is -0.333 e. The summed E-state index contributed by atoms with van der Waals surface area (Å²) in [5.74, 6) is 0. The zero-order valence-electron chi connectivity index (χ0n) is 10.9. The zero-order chi connectivity index (χ0) is 14.7. The van der Waals surface area contributed by atoms with Gasteiger partial charge in [0.15, 0.2) is 5.16 Å². The number of aromatic nitrogens is 2. The molecule has 0 saturated heterocycles. The van der Waals surface area contributed by atoms with Gasteiger partial charge in [0, 0.05) is 3.57 Å². The second kappa shape index (κ2) is 6.33. The standard InChI is InChI=1S/C16H10IN3S/c17-13-6-2-1-5-11(13)9-12(10-18)21-16-19-14-7-3-4-8-15(14)20-16/h1-9H,(H,19,20)/b12-9+. The Kier molecular flexibility index (Phi) is 4.27. The Morgan fingerprint density at radius 3 is 2.71 bits per heavy atom. The third-order valence-corrected chi connectivity index (χ3v) is 4.67. The second-order valence-electron chi connectivity index (χ2n) is 4.30. The van der Waals surface area contributed by atoms with E-state index in [0.29, 0.717) is 4.91 Å². The number of thioether (sulfide) groups is 1. The Morgan fingerprint density at radius 1 is 1.19 bits per heavy atom. The SMILES string of the molecule is N#C/C(=C\c1ccccc1I)Sc1nc2ccccc2[nH]1. The van der Waals surface area contributed by atoms with Crippen molar-refractivity contribution in [3.05, 3.63) is 62.6 Å². The number of aromatic amines is 1. The normalized spacial score (nSPS) is 11.5. The molecule has 0 saturated carbocycles. The van der Waals surface area contributed by atoms with Gasteiger partial charge >= 0.3 is 0 Å². The molecule has 2 aromatic carbocycles. The van der Waals surface area contributed by atoms with Crippen molar-refractivity contribution in [2.75, 3.05) is 0 Å². The van der Waals surface area contributed by atoms with Crippen LogP contribution in [0.15, 0.2) is 58.6 Å². The first-order valence-electron chi connectivity index (χ1n) is 6.25. The fourth-order valence-electron chi connectivity index (χ4n) is 1.90. The first kappa shape index (κ1) is 14.2. The maximum atomic E-state index is 9.33. The lowest BCUT2D eigenvalue weighted by atomic mass is 10.2. The predicted octanol–water partition coefficient (Wildman–Crippen LogP) is 4.82.